The normalized spacial score (nSPS) is 11.4. The first-order chi connectivity index (χ1) is 14.6. The molecule has 30 heavy (non-hydrogen) atoms. The first-order valence-corrected chi connectivity index (χ1v) is 9.88. The first kappa shape index (κ1) is 18.3. The molecule has 1 N–H and O–H groups in total. The highest BCUT2D eigenvalue weighted by Crippen LogP contribution is 2.39. The topological polar surface area (TPSA) is 51.5 Å². The monoisotopic (exact) mass is 395 g/mol. The summed E-state index contributed by atoms with van der Waals surface area (Å²) in [4.78, 5) is 12.5. The van der Waals surface area contributed by atoms with Crippen molar-refractivity contribution in [1.29, 1.82) is 0 Å². The van der Waals surface area contributed by atoms with Crippen molar-refractivity contribution in [2.45, 2.75) is 13.5 Å². The van der Waals surface area contributed by atoms with Crippen LogP contribution in [0.2, 0.25) is 0 Å². The molecule has 4 heteroatoms. The van der Waals surface area contributed by atoms with E-state index in [0.717, 1.165) is 22.0 Å². The Kier molecular flexibility index (Phi) is 4.21. The second-order valence-corrected chi connectivity index (χ2v) is 7.59. The Bertz CT molecular complexity index is 1440. The number of ether oxygens (including phenoxy) is 1. The quantitative estimate of drug-likeness (QED) is 0.393. The second-order valence-electron chi connectivity index (χ2n) is 7.59. The van der Waals surface area contributed by atoms with E-state index in [1.165, 1.54) is 23.4 Å². The van der Waals surface area contributed by atoms with Crippen molar-refractivity contribution in [1.82, 2.24) is 4.57 Å². The molecule has 5 aromatic rings. The number of carbonyl (C=O) groups excluding carboxylic acids is 1. The number of aryl methyl sites for hydroxylation is 1. The number of phenolic OH excluding ortho intramolecular Hbond substituents is 1. The minimum Gasteiger partial charge on any atom is -0.507 e. The molecule has 148 valence electrons. The van der Waals surface area contributed by atoms with Gasteiger partial charge in [0, 0.05) is 11.9 Å². The summed E-state index contributed by atoms with van der Waals surface area (Å²) in [5.41, 5.74) is 4.38. The van der Waals surface area contributed by atoms with Gasteiger partial charge in [0.25, 0.3) is 0 Å². The maximum absolute atomic E-state index is 12.5. The van der Waals surface area contributed by atoms with Crippen LogP contribution in [-0.2, 0) is 11.3 Å². The number of methoxy groups -OCH3 is 1. The molecule has 1 heterocycles. The van der Waals surface area contributed by atoms with Gasteiger partial charge in [-0.1, -0.05) is 48.5 Å². The maximum Gasteiger partial charge on any atom is 0.338 e. The van der Waals surface area contributed by atoms with Gasteiger partial charge in [0.1, 0.15) is 5.75 Å². The van der Waals surface area contributed by atoms with Crippen LogP contribution >= 0.6 is 0 Å². The summed E-state index contributed by atoms with van der Waals surface area (Å²) in [6, 6.07) is 24.0. The number of nitrogens with zero attached hydrogens (tertiary/aromatic N) is 1. The van der Waals surface area contributed by atoms with Gasteiger partial charge in [-0.2, -0.15) is 0 Å². The van der Waals surface area contributed by atoms with E-state index in [9.17, 15) is 9.90 Å². The minimum atomic E-state index is -0.412. The van der Waals surface area contributed by atoms with Crippen molar-refractivity contribution in [3.05, 3.63) is 89.5 Å². The molecule has 5 rings (SSSR count). The Morgan fingerprint density at radius 1 is 0.933 bits per heavy atom. The third-order valence-corrected chi connectivity index (χ3v) is 5.73. The Balaban J connectivity index is 1.86. The molecule has 0 aliphatic heterocycles. The molecular formula is C26H21NO3. The largest absolute Gasteiger partial charge is 0.507 e. The molecule has 0 aliphatic carbocycles. The van der Waals surface area contributed by atoms with Gasteiger partial charge < -0.3 is 14.4 Å². The lowest BCUT2D eigenvalue weighted by atomic mass is 10.0. The Labute approximate surface area is 173 Å². The smallest absolute Gasteiger partial charge is 0.338 e. The number of rotatable bonds is 3. The van der Waals surface area contributed by atoms with Gasteiger partial charge in [0.15, 0.2) is 0 Å². The van der Waals surface area contributed by atoms with Crippen LogP contribution in [0.25, 0.3) is 32.6 Å². The molecule has 0 radical (unpaired) electrons. The Morgan fingerprint density at radius 2 is 1.70 bits per heavy atom. The zero-order valence-electron chi connectivity index (χ0n) is 16.8. The van der Waals surface area contributed by atoms with Crippen molar-refractivity contribution in [3.8, 4) is 5.75 Å². The van der Waals surface area contributed by atoms with E-state index in [-0.39, 0.29) is 5.75 Å². The van der Waals surface area contributed by atoms with Gasteiger partial charge >= 0.3 is 5.97 Å². The van der Waals surface area contributed by atoms with Crippen molar-refractivity contribution in [2.75, 3.05) is 7.11 Å². The third-order valence-electron chi connectivity index (χ3n) is 5.73. The number of benzene rings is 4. The molecule has 0 atom stereocenters. The van der Waals surface area contributed by atoms with Gasteiger partial charge in [-0.15, -0.1) is 0 Å². The number of esters is 1. The van der Waals surface area contributed by atoms with Crippen LogP contribution in [0.4, 0.5) is 0 Å². The minimum absolute atomic E-state index is 0.169. The van der Waals surface area contributed by atoms with E-state index >= 15 is 0 Å². The van der Waals surface area contributed by atoms with Crippen LogP contribution in [0.3, 0.4) is 0 Å². The molecule has 0 saturated heterocycles. The molecule has 0 amide bonds. The molecule has 0 spiro atoms. The lowest BCUT2D eigenvalue weighted by Gasteiger charge is -2.11. The summed E-state index contributed by atoms with van der Waals surface area (Å²) in [6.45, 7) is 2.58. The highest BCUT2D eigenvalue weighted by atomic mass is 16.5. The van der Waals surface area contributed by atoms with Crippen LogP contribution < -0.4 is 0 Å². The van der Waals surface area contributed by atoms with E-state index in [2.05, 4.69) is 41.0 Å². The van der Waals surface area contributed by atoms with Crippen LogP contribution in [0.15, 0.2) is 72.8 Å². The van der Waals surface area contributed by atoms with Crippen LogP contribution in [0.5, 0.6) is 5.75 Å². The van der Waals surface area contributed by atoms with Crippen LogP contribution in [0, 0.1) is 6.92 Å². The van der Waals surface area contributed by atoms with Gasteiger partial charge in [0.05, 0.1) is 29.1 Å². The first-order valence-electron chi connectivity index (χ1n) is 9.88. The van der Waals surface area contributed by atoms with Gasteiger partial charge in [-0.3, -0.25) is 0 Å². The summed E-state index contributed by atoms with van der Waals surface area (Å²) >= 11 is 0. The zero-order valence-corrected chi connectivity index (χ0v) is 16.8. The predicted molar refractivity (Wildman–Crippen MR) is 120 cm³/mol. The van der Waals surface area contributed by atoms with E-state index in [1.54, 1.807) is 12.1 Å². The molecule has 0 saturated carbocycles. The Hall–Kier alpha value is -3.79. The fourth-order valence-corrected chi connectivity index (χ4v) is 4.43. The molecule has 0 aliphatic rings. The number of fused-ring (bicyclic) bond motifs is 4. The SMILES string of the molecule is COC(=O)c1cccc2c1c1c(O)cc(C)cc1n2Cc1cccc2ccccc12. The van der Waals surface area contributed by atoms with Gasteiger partial charge in [0.2, 0.25) is 0 Å². The molecular weight excluding hydrogens is 374 g/mol. The number of phenols is 1. The average molecular weight is 395 g/mol. The molecule has 0 bridgehead atoms. The van der Waals surface area contributed by atoms with Crippen molar-refractivity contribution in [2.24, 2.45) is 0 Å². The molecule has 0 fully saturated rings. The number of aromatic hydroxyl groups is 1. The molecule has 4 nitrogen and oxygen atoms in total. The molecule has 0 unspecified atom stereocenters. The standard InChI is InChI=1S/C26H21NO3/c1-16-13-22-25(23(28)14-16)24-20(26(29)30-2)11-6-12-21(24)27(22)15-18-9-5-8-17-7-3-4-10-19(17)18/h3-14,28H,15H2,1-2H3. The molecule has 1 aromatic heterocycles. The van der Waals surface area contributed by atoms with E-state index in [4.69, 9.17) is 4.74 Å². The number of hydrogen-bond acceptors (Lipinski definition) is 3. The number of hydrogen-bond donors (Lipinski definition) is 1. The predicted octanol–water partition coefficient (Wildman–Crippen LogP) is 5.80. The fraction of sp³-hybridized carbons (Fsp3) is 0.115. The van der Waals surface area contributed by atoms with Crippen LogP contribution in [-0.4, -0.2) is 22.8 Å². The summed E-state index contributed by atoms with van der Waals surface area (Å²) in [6.07, 6.45) is 0. The number of aromatic nitrogens is 1. The highest BCUT2D eigenvalue weighted by Gasteiger charge is 2.21. The summed E-state index contributed by atoms with van der Waals surface area (Å²) in [5.74, 6) is -0.243. The summed E-state index contributed by atoms with van der Waals surface area (Å²) in [5, 5.41) is 14.6. The van der Waals surface area contributed by atoms with E-state index in [1.807, 2.05) is 31.2 Å². The van der Waals surface area contributed by atoms with Crippen LogP contribution in [0.1, 0.15) is 21.5 Å². The van der Waals surface area contributed by atoms with Gasteiger partial charge in [-0.25, -0.2) is 4.79 Å². The van der Waals surface area contributed by atoms with Crippen molar-refractivity contribution < 1.29 is 14.6 Å². The Morgan fingerprint density at radius 3 is 2.53 bits per heavy atom. The van der Waals surface area contributed by atoms with Crippen molar-refractivity contribution in [3.63, 3.8) is 0 Å². The van der Waals surface area contributed by atoms with Crippen molar-refractivity contribution >= 4 is 38.5 Å². The van der Waals surface area contributed by atoms with Gasteiger partial charge in [-0.05, 0) is 53.1 Å². The zero-order chi connectivity index (χ0) is 20.8. The third kappa shape index (κ3) is 2.72. The average Bonchev–Trinajstić information content (AvgIpc) is 3.07. The summed E-state index contributed by atoms with van der Waals surface area (Å²) < 4.78 is 7.18. The number of carbonyl (C=O) groups is 1. The lowest BCUT2D eigenvalue weighted by Crippen LogP contribution is -2.03. The fourth-order valence-electron chi connectivity index (χ4n) is 4.43. The lowest BCUT2D eigenvalue weighted by molar-refractivity contribution is 0.0603. The van der Waals surface area contributed by atoms with E-state index < -0.39 is 5.97 Å². The summed E-state index contributed by atoms with van der Waals surface area (Å²) in [7, 11) is 1.38. The molecule has 4 aromatic carbocycles. The second kappa shape index (κ2) is 6.92. The highest BCUT2D eigenvalue weighted by molar-refractivity contribution is 6.19. The van der Waals surface area contributed by atoms with E-state index in [0.29, 0.717) is 17.5 Å². The maximum atomic E-state index is 12.5.